The molecule has 0 N–H and O–H groups in total. The fourth-order valence-corrected chi connectivity index (χ4v) is 4.31. The van der Waals surface area contributed by atoms with Crippen molar-refractivity contribution in [3.63, 3.8) is 0 Å². The molecule has 0 saturated heterocycles. The van der Waals surface area contributed by atoms with E-state index in [1.54, 1.807) is 12.0 Å². The van der Waals surface area contributed by atoms with Gasteiger partial charge in [-0.3, -0.25) is 9.69 Å². The number of carbonyl (C=O) groups is 1. The van der Waals surface area contributed by atoms with Crippen molar-refractivity contribution >= 4 is 50.5 Å². The molecule has 0 fully saturated rings. The molecule has 1 aliphatic rings. The first-order chi connectivity index (χ1) is 14.1. The maximum Gasteiger partial charge on any atom is 0.296 e. The fraction of sp³-hybridized carbons (Fsp3) is 0.208. The number of methoxy groups -OCH3 is 1. The second kappa shape index (κ2) is 6.55. The van der Waals surface area contributed by atoms with E-state index in [1.807, 2.05) is 19.9 Å². The summed E-state index contributed by atoms with van der Waals surface area (Å²) in [7, 11) is 1.57. The van der Waals surface area contributed by atoms with E-state index >= 15 is 0 Å². The van der Waals surface area contributed by atoms with Gasteiger partial charge < -0.3 is 4.74 Å². The summed E-state index contributed by atoms with van der Waals surface area (Å²) in [5.41, 5.74) is 0.903. The van der Waals surface area contributed by atoms with Gasteiger partial charge in [-0.1, -0.05) is 48.5 Å². The van der Waals surface area contributed by atoms with Gasteiger partial charge in [0.25, 0.3) is 6.02 Å². The van der Waals surface area contributed by atoms with Gasteiger partial charge in [0.05, 0.1) is 7.11 Å². The van der Waals surface area contributed by atoms with Gasteiger partial charge in [0.15, 0.2) is 18.3 Å². The highest BCUT2D eigenvalue weighted by molar-refractivity contribution is 6.27. The Balaban J connectivity index is 1.79. The second-order valence-electron chi connectivity index (χ2n) is 7.57. The molecule has 0 aliphatic carbocycles. The lowest BCUT2D eigenvalue weighted by atomic mass is 9.91. The molecule has 0 bridgehead atoms. The Bertz CT molecular complexity index is 1290. The number of ether oxygens (including phenoxy) is 1. The van der Waals surface area contributed by atoms with Gasteiger partial charge in [0.2, 0.25) is 0 Å². The average Bonchev–Trinajstić information content (AvgIpc) is 2.76. The maximum absolute atomic E-state index is 11.8. The van der Waals surface area contributed by atoms with E-state index in [1.165, 1.54) is 26.9 Å². The van der Waals surface area contributed by atoms with Gasteiger partial charge in [-0.25, -0.2) is 4.99 Å². The number of aliphatic imine (C=N–C) groups is 2. The summed E-state index contributed by atoms with van der Waals surface area (Å²) in [5.74, 6) is 0.522. The van der Waals surface area contributed by atoms with Crippen LogP contribution in [-0.4, -0.2) is 42.4 Å². The molecule has 5 heteroatoms. The van der Waals surface area contributed by atoms with Crippen LogP contribution in [0.5, 0.6) is 0 Å². The Kier molecular flexibility index (Phi) is 3.98. The van der Waals surface area contributed by atoms with Crippen molar-refractivity contribution in [1.82, 2.24) is 4.90 Å². The van der Waals surface area contributed by atoms with Crippen molar-refractivity contribution < 1.29 is 9.53 Å². The largest absolute Gasteiger partial charge is 0.468 e. The van der Waals surface area contributed by atoms with E-state index in [0.717, 1.165) is 17.2 Å². The first-order valence-corrected chi connectivity index (χ1v) is 9.73. The smallest absolute Gasteiger partial charge is 0.296 e. The van der Waals surface area contributed by atoms with Crippen LogP contribution in [0.25, 0.3) is 32.3 Å². The van der Waals surface area contributed by atoms with E-state index in [-0.39, 0.29) is 6.04 Å². The third-order valence-electron chi connectivity index (χ3n) is 5.59. The highest BCUT2D eigenvalue weighted by Crippen LogP contribution is 2.36. The van der Waals surface area contributed by atoms with Crippen molar-refractivity contribution in [2.24, 2.45) is 9.98 Å². The first-order valence-electron chi connectivity index (χ1n) is 9.73. The lowest BCUT2D eigenvalue weighted by Gasteiger charge is -2.33. The molecule has 0 radical (unpaired) electrons. The number of benzene rings is 4. The van der Waals surface area contributed by atoms with Gasteiger partial charge in [-0.05, 0) is 52.2 Å². The number of nitrogens with zero attached hydrogens (tertiary/aromatic N) is 3. The molecular weight excluding hydrogens is 362 g/mol. The molecule has 0 saturated carbocycles. The monoisotopic (exact) mass is 383 g/mol. The summed E-state index contributed by atoms with van der Waals surface area (Å²) in [6, 6.07) is 19.5. The van der Waals surface area contributed by atoms with Crippen LogP contribution in [0, 0.1) is 0 Å². The van der Waals surface area contributed by atoms with Crippen molar-refractivity contribution in [3.8, 4) is 0 Å². The number of rotatable bonds is 3. The number of amidine groups is 2. The van der Waals surface area contributed by atoms with Gasteiger partial charge in [-0.15, -0.1) is 0 Å². The highest BCUT2D eigenvalue weighted by atomic mass is 16.5. The average molecular weight is 383 g/mol. The number of hydrogen-bond acceptors (Lipinski definition) is 5. The van der Waals surface area contributed by atoms with Crippen molar-refractivity contribution in [1.29, 1.82) is 0 Å². The third-order valence-corrected chi connectivity index (χ3v) is 5.59. The predicted octanol–water partition coefficient (Wildman–Crippen LogP) is 4.58. The Morgan fingerprint density at radius 3 is 2.28 bits per heavy atom. The zero-order valence-electron chi connectivity index (χ0n) is 16.6. The van der Waals surface area contributed by atoms with E-state index in [0.29, 0.717) is 11.9 Å². The normalized spacial score (nSPS) is 17.2. The van der Waals surface area contributed by atoms with E-state index in [4.69, 9.17) is 4.74 Å². The molecular formula is C24H21N3O2. The van der Waals surface area contributed by atoms with Gasteiger partial charge in [0.1, 0.15) is 0 Å². The molecule has 29 heavy (non-hydrogen) atoms. The second-order valence-corrected chi connectivity index (χ2v) is 7.57. The molecule has 1 atom stereocenters. The van der Waals surface area contributed by atoms with Crippen molar-refractivity contribution in [2.75, 3.05) is 7.11 Å². The molecule has 5 rings (SSSR count). The van der Waals surface area contributed by atoms with Gasteiger partial charge in [-0.2, -0.15) is 4.99 Å². The van der Waals surface area contributed by atoms with Crippen LogP contribution in [0.3, 0.4) is 0 Å². The van der Waals surface area contributed by atoms with Crippen LogP contribution in [-0.2, 0) is 9.53 Å². The molecule has 0 amide bonds. The topological polar surface area (TPSA) is 54.3 Å². The van der Waals surface area contributed by atoms with Crippen LogP contribution < -0.4 is 0 Å². The Hall–Kier alpha value is -3.47. The van der Waals surface area contributed by atoms with Gasteiger partial charge in [0, 0.05) is 11.6 Å². The zero-order chi connectivity index (χ0) is 20.1. The van der Waals surface area contributed by atoms with Crippen LogP contribution >= 0.6 is 0 Å². The molecule has 4 aromatic rings. The summed E-state index contributed by atoms with van der Waals surface area (Å²) in [6.07, 6.45) is 0.180. The molecule has 1 unspecified atom stereocenters. The van der Waals surface area contributed by atoms with Crippen LogP contribution in [0.4, 0.5) is 0 Å². The summed E-state index contributed by atoms with van der Waals surface area (Å²) in [4.78, 5) is 22.9. The van der Waals surface area contributed by atoms with Crippen molar-refractivity contribution in [3.05, 3.63) is 60.2 Å². The zero-order valence-corrected chi connectivity index (χ0v) is 16.6. The number of aldehydes is 1. The summed E-state index contributed by atoms with van der Waals surface area (Å²) in [6.45, 7) is 3.98. The maximum atomic E-state index is 11.8. The molecule has 1 aliphatic heterocycles. The minimum atomic E-state index is -0.656. The van der Waals surface area contributed by atoms with Crippen LogP contribution in [0.15, 0.2) is 64.6 Å². The number of carbonyl (C=O) groups excluding carboxylic acids is 1. The summed E-state index contributed by atoms with van der Waals surface area (Å²) in [5, 5.41) is 7.11. The summed E-state index contributed by atoms with van der Waals surface area (Å²) < 4.78 is 5.51. The lowest BCUT2D eigenvalue weighted by molar-refractivity contribution is -0.111. The number of hydrogen-bond donors (Lipinski definition) is 0. The molecule has 1 heterocycles. The molecule has 5 nitrogen and oxygen atoms in total. The minimum Gasteiger partial charge on any atom is -0.468 e. The van der Waals surface area contributed by atoms with E-state index < -0.39 is 6.17 Å². The van der Waals surface area contributed by atoms with Crippen LogP contribution in [0.1, 0.15) is 19.4 Å². The molecule has 0 aromatic heterocycles. The SMILES string of the molecule is COC1=NC(c2ccc3ccc4cccc5ccc2c3c45)=NC(C=O)N1C(C)C. The Morgan fingerprint density at radius 1 is 0.966 bits per heavy atom. The minimum absolute atomic E-state index is 0.0376. The lowest BCUT2D eigenvalue weighted by Crippen LogP contribution is -2.48. The summed E-state index contributed by atoms with van der Waals surface area (Å²) >= 11 is 0. The standard InChI is InChI=1S/C24H21N3O2/c1-14(2)27-20(13-28)25-23(26-24(27)29-3)19-12-10-17-8-7-15-5-4-6-16-9-11-18(19)22(17)21(15)16/h4-14,20H,1-3H3. The highest BCUT2D eigenvalue weighted by Gasteiger charge is 2.30. The molecule has 4 aromatic carbocycles. The first kappa shape index (κ1) is 17.6. The Morgan fingerprint density at radius 2 is 1.62 bits per heavy atom. The fourth-order valence-electron chi connectivity index (χ4n) is 4.31. The van der Waals surface area contributed by atoms with Crippen LogP contribution in [0.2, 0.25) is 0 Å². The quantitative estimate of drug-likeness (QED) is 0.384. The van der Waals surface area contributed by atoms with Gasteiger partial charge >= 0.3 is 0 Å². The third kappa shape index (κ3) is 2.58. The molecule has 144 valence electrons. The van der Waals surface area contributed by atoms with E-state index in [2.05, 4.69) is 58.5 Å². The molecule has 0 spiro atoms. The Labute approximate surface area is 168 Å². The predicted molar refractivity (Wildman–Crippen MR) is 118 cm³/mol. The van der Waals surface area contributed by atoms with Crippen molar-refractivity contribution in [2.45, 2.75) is 26.1 Å². The van der Waals surface area contributed by atoms with E-state index in [9.17, 15) is 4.79 Å².